The van der Waals surface area contributed by atoms with Crippen molar-refractivity contribution >= 4 is 28.8 Å². The van der Waals surface area contributed by atoms with E-state index in [9.17, 15) is 9.59 Å². The van der Waals surface area contributed by atoms with Gasteiger partial charge >= 0.3 is 0 Å². The lowest BCUT2D eigenvalue weighted by Gasteiger charge is -2.34. The lowest BCUT2D eigenvalue weighted by molar-refractivity contribution is -0.127. The van der Waals surface area contributed by atoms with Gasteiger partial charge in [0.05, 0.1) is 17.8 Å². The Labute approximate surface area is 220 Å². The van der Waals surface area contributed by atoms with E-state index in [1.807, 2.05) is 72.6 Å². The predicted molar refractivity (Wildman–Crippen MR) is 143 cm³/mol. The van der Waals surface area contributed by atoms with Gasteiger partial charge in [0.1, 0.15) is 6.33 Å². The molecule has 0 aliphatic heterocycles. The van der Waals surface area contributed by atoms with Crippen LogP contribution in [0, 0.1) is 6.92 Å². The molecule has 1 aliphatic rings. The first kappa shape index (κ1) is 24.9. The third-order valence-electron chi connectivity index (χ3n) is 6.95. The van der Waals surface area contributed by atoms with Crippen LogP contribution in [0.4, 0.5) is 5.69 Å². The minimum absolute atomic E-state index is 0.127. The van der Waals surface area contributed by atoms with Crippen molar-refractivity contribution in [1.29, 1.82) is 0 Å². The number of hydrogen-bond acceptors (Lipinski definition) is 6. The van der Waals surface area contributed by atoms with E-state index in [1.54, 1.807) is 9.58 Å². The lowest BCUT2D eigenvalue weighted by Crippen LogP contribution is -2.48. The van der Waals surface area contributed by atoms with Crippen LogP contribution in [0.3, 0.4) is 0 Å². The van der Waals surface area contributed by atoms with Crippen molar-refractivity contribution < 1.29 is 9.59 Å². The van der Waals surface area contributed by atoms with Crippen molar-refractivity contribution in [3.8, 4) is 5.69 Å². The van der Waals surface area contributed by atoms with Crippen LogP contribution in [-0.4, -0.2) is 42.6 Å². The van der Waals surface area contributed by atoms with E-state index in [1.165, 1.54) is 24.1 Å². The Kier molecular flexibility index (Phi) is 7.45. The van der Waals surface area contributed by atoms with Gasteiger partial charge in [0.25, 0.3) is 0 Å². The number of nitrogens with zero attached hydrogens (tertiary/aromatic N) is 6. The third kappa shape index (κ3) is 5.48. The first-order valence-corrected chi connectivity index (χ1v) is 13.5. The highest BCUT2D eigenvalue weighted by molar-refractivity contribution is 7.10. The third-order valence-corrected chi connectivity index (χ3v) is 7.83. The summed E-state index contributed by atoms with van der Waals surface area (Å²) < 4.78 is 3.50. The highest BCUT2D eigenvalue weighted by Crippen LogP contribution is 2.32. The summed E-state index contributed by atoms with van der Waals surface area (Å²) >= 11 is 1.54. The molecule has 5 rings (SSSR count). The molecule has 0 bridgehead atoms. The zero-order valence-corrected chi connectivity index (χ0v) is 21.9. The number of nitrogens with one attached hydrogen (secondary N) is 1. The second-order valence-electron chi connectivity index (χ2n) is 9.54. The normalized spacial score (nSPS) is 14.9. The number of aryl methyl sites for hydroxylation is 2. The van der Waals surface area contributed by atoms with Crippen molar-refractivity contribution in [3.63, 3.8) is 0 Å². The Bertz CT molecular complexity index is 1340. The number of aromatic nitrogens is 5. The molecule has 4 aromatic rings. The molecule has 192 valence electrons. The fraction of sp³-hybridized carbons (Fsp3) is 0.370. The van der Waals surface area contributed by atoms with Gasteiger partial charge in [-0.15, -0.1) is 16.4 Å². The quantitative estimate of drug-likeness (QED) is 0.379. The molecule has 0 spiro atoms. The predicted octanol–water partition coefficient (Wildman–Crippen LogP) is 4.14. The molecule has 3 aromatic heterocycles. The number of carbonyl (C=O) groups excluding carboxylic acids is 2. The summed E-state index contributed by atoms with van der Waals surface area (Å²) in [5.41, 5.74) is 3.11. The fourth-order valence-corrected chi connectivity index (χ4v) is 5.77. The van der Waals surface area contributed by atoms with Crippen LogP contribution < -0.4 is 10.2 Å². The van der Waals surface area contributed by atoms with E-state index in [0.29, 0.717) is 5.69 Å². The van der Waals surface area contributed by atoms with E-state index in [4.69, 9.17) is 0 Å². The molecular weight excluding hydrogens is 486 g/mol. The molecule has 1 atom stereocenters. The maximum Gasteiger partial charge on any atom is 0.249 e. The number of tetrazole rings is 1. The Hall–Kier alpha value is -3.79. The van der Waals surface area contributed by atoms with Crippen molar-refractivity contribution in [3.05, 3.63) is 76.5 Å². The average molecular weight is 518 g/mol. The maximum absolute atomic E-state index is 14.0. The van der Waals surface area contributed by atoms with Crippen LogP contribution in [0.15, 0.2) is 60.4 Å². The number of carbonyl (C=O) groups is 2. The van der Waals surface area contributed by atoms with Crippen molar-refractivity contribution in [2.45, 2.75) is 57.5 Å². The van der Waals surface area contributed by atoms with Gasteiger partial charge in [0.2, 0.25) is 11.8 Å². The van der Waals surface area contributed by atoms with Crippen LogP contribution >= 0.6 is 11.3 Å². The van der Waals surface area contributed by atoms with Gasteiger partial charge in [-0.2, -0.15) is 0 Å². The Morgan fingerprint density at radius 1 is 1.16 bits per heavy atom. The van der Waals surface area contributed by atoms with Gasteiger partial charge in [-0.05, 0) is 77.5 Å². The van der Waals surface area contributed by atoms with E-state index in [2.05, 4.69) is 20.8 Å². The van der Waals surface area contributed by atoms with Crippen molar-refractivity contribution in [1.82, 2.24) is 30.1 Å². The van der Waals surface area contributed by atoms with Crippen LogP contribution in [0.1, 0.15) is 54.3 Å². The molecule has 37 heavy (non-hydrogen) atoms. The zero-order valence-electron chi connectivity index (χ0n) is 21.1. The SMILES string of the molecule is Cc1cc(N(C(=O)Cc2cccs2)[C@@H](C(=O)NC2CCCCC2)c2cccn2C)ccc1-n1cnnn1. The molecule has 2 amide bonds. The standard InChI is InChI=1S/C27H31N7O2S/c1-19-16-21(12-13-23(19)33-18-28-30-31-33)34(25(35)17-22-10-7-15-37-22)26(24-11-6-14-32(24)2)27(36)29-20-8-4-3-5-9-20/h6-7,10-16,18,20,26H,3-5,8-9,17H2,1-2H3,(H,29,36)/t26-/m1/s1. The first-order chi connectivity index (χ1) is 18.0. The summed E-state index contributed by atoms with van der Waals surface area (Å²) in [5, 5.41) is 16.7. The number of benzene rings is 1. The smallest absolute Gasteiger partial charge is 0.249 e. The Morgan fingerprint density at radius 2 is 2.00 bits per heavy atom. The van der Waals surface area contributed by atoms with Crippen LogP contribution in [0.5, 0.6) is 0 Å². The number of hydrogen-bond donors (Lipinski definition) is 1. The minimum atomic E-state index is -0.812. The van der Waals surface area contributed by atoms with E-state index >= 15 is 0 Å². The highest BCUT2D eigenvalue weighted by Gasteiger charge is 2.35. The number of rotatable bonds is 8. The topological polar surface area (TPSA) is 97.9 Å². The molecule has 1 aromatic carbocycles. The monoisotopic (exact) mass is 517 g/mol. The summed E-state index contributed by atoms with van der Waals surface area (Å²) in [6.45, 7) is 1.95. The second kappa shape index (κ2) is 11.1. The number of amides is 2. The summed E-state index contributed by atoms with van der Waals surface area (Å²) in [5.74, 6) is -0.294. The van der Waals surface area contributed by atoms with Crippen LogP contribution in [-0.2, 0) is 23.1 Å². The lowest BCUT2D eigenvalue weighted by atomic mass is 9.95. The van der Waals surface area contributed by atoms with Gasteiger partial charge in [0, 0.05) is 29.9 Å². The molecule has 1 fully saturated rings. The molecule has 1 N–H and O–H groups in total. The Balaban J connectivity index is 1.56. The molecular formula is C27H31N7O2S. The molecule has 1 saturated carbocycles. The fourth-order valence-electron chi connectivity index (χ4n) is 5.07. The zero-order chi connectivity index (χ0) is 25.8. The summed E-state index contributed by atoms with van der Waals surface area (Å²) in [4.78, 5) is 30.6. The van der Waals surface area contributed by atoms with Gasteiger partial charge in [-0.1, -0.05) is 25.3 Å². The molecule has 3 heterocycles. The van der Waals surface area contributed by atoms with Gasteiger partial charge < -0.3 is 9.88 Å². The van der Waals surface area contributed by atoms with E-state index < -0.39 is 6.04 Å². The van der Waals surface area contributed by atoms with Crippen LogP contribution in [0.2, 0.25) is 0 Å². The molecule has 0 saturated heterocycles. The van der Waals surface area contributed by atoms with Gasteiger partial charge in [0.15, 0.2) is 6.04 Å². The van der Waals surface area contributed by atoms with Gasteiger partial charge in [-0.25, -0.2) is 4.68 Å². The summed E-state index contributed by atoms with van der Waals surface area (Å²) in [7, 11) is 1.91. The average Bonchev–Trinajstić information content (AvgIpc) is 3.67. The van der Waals surface area contributed by atoms with E-state index in [0.717, 1.165) is 47.5 Å². The molecule has 10 heteroatoms. The number of anilines is 1. The van der Waals surface area contributed by atoms with Crippen molar-refractivity contribution in [2.24, 2.45) is 7.05 Å². The summed E-state index contributed by atoms with van der Waals surface area (Å²) in [6.07, 6.45) is 9.01. The van der Waals surface area contributed by atoms with Gasteiger partial charge in [-0.3, -0.25) is 14.5 Å². The number of thiophene rings is 1. The molecule has 1 aliphatic carbocycles. The highest BCUT2D eigenvalue weighted by atomic mass is 32.1. The maximum atomic E-state index is 14.0. The second-order valence-corrected chi connectivity index (χ2v) is 10.6. The molecule has 0 radical (unpaired) electrons. The minimum Gasteiger partial charge on any atom is -0.352 e. The molecule has 0 unspecified atom stereocenters. The molecule has 9 nitrogen and oxygen atoms in total. The first-order valence-electron chi connectivity index (χ1n) is 12.6. The largest absolute Gasteiger partial charge is 0.352 e. The summed E-state index contributed by atoms with van der Waals surface area (Å²) in [6, 6.07) is 12.7. The van der Waals surface area contributed by atoms with E-state index in [-0.39, 0.29) is 24.3 Å². The Morgan fingerprint density at radius 3 is 2.65 bits per heavy atom. The van der Waals surface area contributed by atoms with Crippen LogP contribution in [0.25, 0.3) is 5.69 Å². The van der Waals surface area contributed by atoms with Crippen molar-refractivity contribution in [2.75, 3.05) is 4.90 Å².